The molecule has 2 aromatic rings. The van der Waals surface area contributed by atoms with Crippen molar-refractivity contribution in [2.24, 2.45) is 0 Å². The van der Waals surface area contributed by atoms with Crippen LogP contribution in [0.5, 0.6) is 11.5 Å². The highest BCUT2D eigenvalue weighted by atomic mass is 16.5. The van der Waals surface area contributed by atoms with Crippen LogP contribution >= 0.6 is 0 Å². The number of aromatic hydroxyl groups is 1. The second kappa shape index (κ2) is 5.12. The van der Waals surface area contributed by atoms with Gasteiger partial charge in [-0.25, -0.2) is 0 Å². The van der Waals surface area contributed by atoms with E-state index in [0.29, 0.717) is 11.8 Å². The first-order valence-electron chi connectivity index (χ1n) is 5.73. The molecule has 0 saturated heterocycles. The van der Waals surface area contributed by atoms with Crippen molar-refractivity contribution in [1.82, 2.24) is 0 Å². The highest BCUT2D eigenvalue weighted by molar-refractivity contribution is 5.72. The fourth-order valence-electron chi connectivity index (χ4n) is 1.92. The molecule has 2 rings (SSSR count). The predicted octanol–water partition coefficient (Wildman–Crippen LogP) is 1.84. The summed E-state index contributed by atoms with van der Waals surface area (Å²) in [7, 11) is 1.43. The maximum absolute atomic E-state index is 11.3. The number of phenolic OH excluding ortho intramolecular Hbond substituents is 1. The van der Waals surface area contributed by atoms with Gasteiger partial charge >= 0.3 is 0 Å². The lowest BCUT2D eigenvalue weighted by molar-refractivity contribution is -0.121. The number of aliphatic hydroxyl groups is 1. The molecule has 0 aliphatic carbocycles. The normalized spacial score (nSPS) is 13.6. The fourth-order valence-corrected chi connectivity index (χ4v) is 1.92. The van der Waals surface area contributed by atoms with Crippen molar-refractivity contribution in [1.29, 1.82) is 0 Å². The van der Waals surface area contributed by atoms with Gasteiger partial charge in [-0.3, -0.25) is 4.79 Å². The largest absolute Gasteiger partial charge is 0.504 e. The first kappa shape index (κ1) is 13.1. The number of phenols is 1. The molecule has 0 aliphatic heterocycles. The summed E-state index contributed by atoms with van der Waals surface area (Å²) in [6.45, 7) is 0. The summed E-state index contributed by atoms with van der Waals surface area (Å²) in [4.78, 5) is 11.3. The topological polar surface area (TPSA) is 66.8 Å². The Labute approximate surface area is 110 Å². The Morgan fingerprint density at radius 3 is 2.32 bits per heavy atom. The van der Waals surface area contributed by atoms with Crippen LogP contribution in [0.25, 0.3) is 0 Å². The van der Waals surface area contributed by atoms with Gasteiger partial charge in [0.05, 0.1) is 7.11 Å². The Morgan fingerprint density at radius 2 is 1.79 bits per heavy atom. The molecule has 19 heavy (non-hydrogen) atoms. The molecule has 4 nitrogen and oxygen atoms in total. The summed E-state index contributed by atoms with van der Waals surface area (Å²) in [6.07, 6.45) is 0.448. The summed E-state index contributed by atoms with van der Waals surface area (Å²) in [6, 6.07) is 12.9. The van der Waals surface area contributed by atoms with Crippen molar-refractivity contribution in [3.63, 3.8) is 0 Å². The monoisotopic (exact) mass is 258 g/mol. The Balaban J connectivity index is 2.53. The van der Waals surface area contributed by atoms with Gasteiger partial charge in [0.1, 0.15) is 0 Å². The molecule has 0 aliphatic rings. The maximum atomic E-state index is 11.3. The molecule has 0 saturated carbocycles. The van der Waals surface area contributed by atoms with E-state index in [1.807, 2.05) is 0 Å². The number of carbonyl (C=O) groups is 1. The number of benzene rings is 2. The smallest absolute Gasteiger partial charge is 0.170 e. The van der Waals surface area contributed by atoms with Gasteiger partial charge in [-0.05, 0) is 23.3 Å². The van der Waals surface area contributed by atoms with Crippen LogP contribution in [0.1, 0.15) is 11.1 Å². The lowest BCUT2D eigenvalue weighted by Crippen LogP contribution is -2.28. The third-order valence-corrected chi connectivity index (χ3v) is 3.00. The van der Waals surface area contributed by atoms with Gasteiger partial charge in [-0.2, -0.15) is 0 Å². The second-order valence-electron chi connectivity index (χ2n) is 4.14. The zero-order valence-electron chi connectivity index (χ0n) is 10.4. The maximum Gasteiger partial charge on any atom is 0.170 e. The van der Waals surface area contributed by atoms with Crippen LogP contribution in [0.2, 0.25) is 0 Å². The zero-order valence-corrected chi connectivity index (χ0v) is 10.4. The molecule has 0 fully saturated rings. The SMILES string of the molecule is COc1ccc(C(O)(C=O)c2ccccc2)cc1O. The third kappa shape index (κ3) is 2.30. The summed E-state index contributed by atoms with van der Waals surface area (Å²) >= 11 is 0. The van der Waals surface area contributed by atoms with Crippen molar-refractivity contribution < 1.29 is 19.7 Å². The van der Waals surface area contributed by atoms with E-state index >= 15 is 0 Å². The number of methoxy groups -OCH3 is 1. The van der Waals surface area contributed by atoms with E-state index in [1.165, 1.54) is 19.2 Å². The van der Waals surface area contributed by atoms with E-state index in [1.54, 1.807) is 36.4 Å². The number of hydrogen-bond donors (Lipinski definition) is 2. The van der Waals surface area contributed by atoms with Crippen LogP contribution in [0.4, 0.5) is 0 Å². The minimum absolute atomic E-state index is 0.129. The summed E-state index contributed by atoms with van der Waals surface area (Å²) in [5, 5.41) is 20.3. The van der Waals surface area contributed by atoms with Gasteiger partial charge in [0.15, 0.2) is 23.4 Å². The van der Waals surface area contributed by atoms with E-state index < -0.39 is 5.60 Å². The van der Waals surface area contributed by atoms with Crippen LogP contribution in [0, 0.1) is 0 Å². The number of hydrogen-bond acceptors (Lipinski definition) is 4. The Kier molecular flexibility index (Phi) is 3.53. The summed E-state index contributed by atoms with van der Waals surface area (Å²) in [5.74, 6) is 0.154. The van der Waals surface area contributed by atoms with Crippen LogP contribution < -0.4 is 4.74 Å². The van der Waals surface area contributed by atoms with Gasteiger partial charge < -0.3 is 14.9 Å². The van der Waals surface area contributed by atoms with Crippen molar-refractivity contribution in [3.8, 4) is 11.5 Å². The molecule has 98 valence electrons. The molecule has 0 amide bonds. The summed E-state index contributed by atoms with van der Waals surface area (Å²) < 4.78 is 4.93. The van der Waals surface area contributed by atoms with Crippen LogP contribution in [-0.4, -0.2) is 23.6 Å². The Bertz CT molecular complexity index is 580. The van der Waals surface area contributed by atoms with E-state index in [9.17, 15) is 15.0 Å². The third-order valence-electron chi connectivity index (χ3n) is 3.00. The predicted molar refractivity (Wildman–Crippen MR) is 70.2 cm³/mol. The minimum Gasteiger partial charge on any atom is -0.504 e. The number of aldehydes is 1. The molecule has 2 N–H and O–H groups in total. The van der Waals surface area contributed by atoms with Gasteiger partial charge in [-0.15, -0.1) is 0 Å². The van der Waals surface area contributed by atoms with Gasteiger partial charge in [0, 0.05) is 0 Å². The molecular weight excluding hydrogens is 244 g/mol. The molecule has 0 spiro atoms. The van der Waals surface area contributed by atoms with E-state index in [2.05, 4.69) is 0 Å². The second-order valence-corrected chi connectivity index (χ2v) is 4.14. The zero-order chi connectivity index (χ0) is 13.9. The first-order valence-corrected chi connectivity index (χ1v) is 5.73. The van der Waals surface area contributed by atoms with Crippen molar-refractivity contribution >= 4 is 6.29 Å². The quantitative estimate of drug-likeness (QED) is 0.821. The van der Waals surface area contributed by atoms with Crippen LogP contribution in [0.15, 0.2) is 48.5 Å². The van der Waals surface area contributed by atoms with Crippen molar-refractivity contribution in [3.05, 3.63) is 59.7 Å². The molecule has 0 radical (unpaired) electrons. The minimum atomic E-state index is -1.79. The number of rotatable bonds is 4. The number of carbonyl (C=O) groups excluding carboxylic acids is 1. The average molecular weight is 258 g/mol. The van der Waals surface area contributed by atoms with Crippen molar-refractivity contribution in [2.45, 2.75) is 5.60 Å². The molecule has 0 bridgehead atoms. The van der Waals surface area contributed by atoms with Gasteiger partial charge in [0.25, 0.3) is 0 Å². The average Bonchev–Trinajstić information content (AvgIpc) is 2.47. The van der Waals surface area contributed by atoms with E-state index in [0.717, 1.165) is 0 Å². The molecule has 1 atom stereocenters. The summed E-state index contributed by atoms with van der Waals surface area (Å²) in [5.41, 5.74) is -1.06. The molecular formula is C15H14O4. The lowest BCUT2D eigenvalue weighted by Gasteiger charge is -2.23. The molecule has 0 aromatic heterocycles. The van der Waals surface area contributed by atoms with E-state index in [4.69, 9.17) is 4.74 Å². The van der Waals surface area contributed by atoms with E-state index in [-0.39, 0.29) is 17.1 Å². The van der Waals surface area contributed by atoms with Crippen LogP contribution in [0.3, 0.4) is 0 Å². The molecule has 4 heteroatoms. The fraction of sp³-hybridized carbons (Fsp3) is 0.133. The Morgan fingerprint density at radius 1 is 1.11 bits per heavy atom. The van der Waals surface area contributed by atoms with Crippen LogP contribution in [-0.2, 0) is 10.4 Å². The highest BCUT2D eigenvalue weighted by Crippen LogP contribution is 2.34. The molecule has 2 aromatic carbocycles. The Hall–Kier alpha value is -2.33. The first-order chi connectivity index (χ1) is 9.11. The number of ether oxygens (including phenoxy) is 1. The van der Waals surface area contributed by atoms with Crippen molar-refractivity contribution in [2.75, 3.05) is 7.11 Å². The van der Waals surface area contributed by atoms with Gasteiger partial charge in [0.2, 0.25) is 0 Å². The molecule has 0 heterocycles. The highest BCUT2D eigenvalue weighted by Gasteiger charge is 2.31. The lowest BCUT2D eigenvalue weighted by atomic mass is 9.87. The van der Waals surface area contributed by atoms with Gasteiger partial charge in [-0.1, -0.05) is 36.4 Å². The molecule has 1 unspecified atom stereocenters. The standard InChI is InChI=1S/C15H14O4/c1-19-14-8-7-12(9-13(14)17)15(18,10-16)11-5-3-2-4-6-11/h2-10,17-18H,1H3.